The number of sulfonamides is 1. The van der Waals surface area contributed by atoms with E-state index in [-0.39, 0.29) is 28.0 Å². The Hall–Kier alpha value is -0.700. The zero-order valence-electron chi connectivity index (χ0n) is 11.1. The SMILES string of the molecule is Cc1cnc(CNS(=O)(=O)c2cc(Cl)cc(CN)c2Cl)s1. The predicted octanol–water partition coefficient (Wildman–Crippen LogP) is 2.70. The van der Waals surface area contributed by atoms with E-state index in [4.69, 9.17) is 28.9 Å². The molecule has 0 saturated carbocycles. The van der Waals surface area contributed by atoms with Crippen LogP contribution in [-0.4, -0.2) is 13.4 Å². The molecule has 21 heavy (non-hydrogen) atoms. The quantitative estimate of drug-likeness (QED) is 0.852. The number of hydrogen-bond donors (Lipinski definition) is 2. The van der Waals surface area contributed by atoms with E-state index in [1.807, 2.05) is 6.92 Å². The molecule has 1 aromatic heterocycles. The molecule has 2 rings (SSSR count). The standard InChI is InChI=1S/C12H13Cl2N3O2S2/c1-7-5-16-11(20-7)6-17-21(18,19)10-3-9(13)2-8(4-15)12(10)14/h2-3,5,17H,4,6,15H2,1H3. The van der Waals surface area contributed by atoms with E-state index in [0.29, 0.717) is 10.6 Å². The number of aryl methyl sites for hydroxylation is 1. The number of rotatable bonds is 5. The van der Waals surface area contributed by atoms with Crippen molar-refractivity contribution in [2.45, 2.75) is 24.9 Å². The summed E-state index contributed by atoms with van der Waals surface area (Å²) in [5.41, 5.74) is 6.01. The molecule has 0 bridgehead atoms. The lowest BCUT2D eigenvalue weighted by Crippen LogP contribution is -2.24. The van der Waals surface area contributed by atoms with E-state index in [2.05, 4.69) is 9.71 Å². The van der Waals surface area contributed by atoms with Gasteiger partial charge in [0.1, 0.15) is 9.90 Å². The molecule has 0 aliphatic heterocycles. The number of hydrogen-bond acceptors (Lipinski definition) is 5. The molecular formula is C12H13Cl2N3O2S2. The van der Waals surface area contributed by atoms with Crippen molar-refractivity contribution in [1.29, 1.82) is 0 Å². The minimum Gasteiger partial charge on any atom is -0.326 e. The Balaban J connectivity index is 2.29. The summed E-state index contributed by atoms with van der Waals surface area (Å²) in [7, 11) is -3.79. The zero-order chi connectivity index (χ0) is 15.6. The Morgan fingerprint density at radius 3 is 2.67 bits per heavy atom. The van der Waals surface area contributed by atoms with Gasteiger partial charge in [0.2, 0.25) is 10.0 Å². The van der Waals surface area contributed by atoms with Gasteiger partial charge < -0.3 is 5.73 Å². The smallest absolute Gasteiger partial charge is 0.242 e. The van der Waals surface area contributed by atoms with Crippen LogP contribution >= 0.6 is 34.5 Å². The van der Waals surface area contributed by atoms with Crippen molar-refractivity contribution >= 4 is 44.6 Å². The Labute approximate surface area is 137 Å². The molecule has 0 aliphatic rings. The predicted molar refractivity (Wildman–Crippen MR) is 85.2 cm³/mol. The molecule has 114 valence electrons. The van der Waals surface area contributed by atoms with Gasteiger partial charge in [0.25, 0.3) is 0 Å². The highest BCUT2D eigenvalue weighted by Crippen LogP contribution is 2.29. The molecule has 0 unspecified atom stereocenters. The highest BCUT2D eigenvalue weighted by molar-refractivity contribution is 7.89. The van der Waals surface area contributed by atoms with Gasteiger partial charge in [0.15, 0.2) is 0 Å². The van der Waals surface area contributed by atoms with Crippen molar-refractivity contribution in [1.82, 2.24) is 9.71 Å². The fourth-order valence-electron chi connectivity index (χ4n) is 1.68. The molecule has 0 spiro atoms. The van der Waals surface area contributed by atoms with Gasteiger partial charge in [0, 0.05) is 22.6 Å². The minimum atomic E-state index is -3.79. The number of halogens is 2. The molecule has 0 fully saturated rings. The van der Waals surface area contributed by atoms with Gasteiger partial charge in [-0.3, -0.25) is 0 Å². The highest BCUT2D eigenvalue weighted by atomic mass is 35.5. The van der Waals surface area contributed by atoms with Crippen LogP contribution in [0.2, 0.25) is 10.0 Å². The molecular weight excluding hydrogens is 353 g/mol. The maximum absolute atomic E-state index is 12.3. The first-order valence-electron chi connectivity index (χ1n) is 5.92. The molecule has 0 radical (unpaired) electrons. The van der Waals surface area contributed by atoms with E-state index in [0.717, 1.165) is 4.88 Å². The molecule has 9 heteroatoms. The second kappa shape index (κ2) is 6.60. The van der Waals surface area contributed by atoms with Gasteiger partial charge in [-0.15, -0.1) is 11.3 Å². The molecule has 1 aromatic carbocycles. The molecule has 0 saturated heterocycles. The highest BCUT2D eigenvalue weighted by Gasteiger charge is 2.21. The normalized spacial score (nSPS) is 11.8. The zero-order valence-corrected chi connectivity index (χ0v) is 14.2. The summed E-state index contributed by atoms with van der Waals surface area (Å²) in [6.45, 7) is 2.10. The van der Waals surface area contributed by atoms with E-state index < -0.39 is 10.0 Å². The van der Waals surface area contributed by atoms with Crippen molar-refractivity contribution in [2.24, 2.45) is 5.73 Å². The minimum absolute atomic E-state index is 0.0783. The topological polar surface area (TPSA) is 85.1 Å². The van der Waals surface area contributed by atoms with Gasteiger partial charge in [-0.25, -0.2) is 18.1 Å². The van der Waals surface area contributed by atoms with Gasteiger partial charge >= 0.3 is 0 Å². The first kappa shape index (κ1) is 16.7. The molecule has 3 N–H and O–H groups in total. The number of nitrogens with two attached hydrogens (primary N) is 1. The molecule has 1 heterocycles. The van der Waals surface area contributed by atoms with Crippen LogP contribution in [0.1, 0.15) is 15.4 Å². The van der Waals surface area contributed by atoms with E-state index >= 15 is 0 Å². The Bertz CT molecular complexity index is 760. The largest absolute Gasteiger partial charge is 0.326 e. The third-order valence-electron chi connectivity index (χ3n) is 2.67. The number of aromatic nitrogens is 1. The third kappa shape index (κ3) is 3.94. The van der Waals surface area contributed by atoms with Crippen molar-refractivity contribution < 1.29 is 8.42 Å². The summed E-state index contributed by atoms with van der Waals surface area (Å²) < 4.78 is 27.1. The monoisotopic (exact) mass is 365 g/mol. The maximum atomic E-state index is 12.3. The summed E-state index contributed by atoms with van der Waals surface area (Å²) in [6.07, 6.45) is 1.69. The third-order valence-corrected chi connectivity index (χ3v) is 5.79. The van der Waals surface area contributed by atoms with Gasteiger partial charge in [-0.05, 0) is 24.6 Å². The van der Waals surface area contributed by atoms with E-state index in [1.165, 1.54) is 17.4 Å². The van der Waals surface area contributed by atoms with Crippen LogP contribution in [0.3, 0.4) is 0 Å². The number of benzene rings is 1. The lowest BCUT2D eigenvalue weighted by Gasteiger charge is -2.11. The average molecular weight is 366 g/mol. The lowest BCUT2D eigenvalue weighted by molar-refractivity contribution is 0.581. The average Bonchev–Trinajstić information content (AvgIpc) is 2.84. The summed E-state index contributed by atoms with van der Waals surface area (Å²) in [5.74, 6) is 0. The van der Waals surface area contributed by atoms with Crippen LogP contribution in [0, 0.1) is 6.92 Å². The van der Waals surface area contributed by atoms with Crippen LogP contribution in [0.25, 0.3) is 0 Å². The fraction of sp³-hybridized carbons (Fsp3) is 0.250. The molecule has 0 aliphatic carbocycles. The maximum Gasteiger partial charge on any atom is 0.242 e. The second-order valence-corrected chi connectivity index (χ2v) is 8.14. The summed E-state index contributed by atoms with van der Waals surface area (Å²) in [5, 5.41) is 1.03. The Morgan fingerprint density at radius 2 is 2.10 bits per heavy atom. The summed E-state index contributed by atoms with van der Waals surface area (Å²) in [4.78, 5) is 5.03. The van der Waals surface area contributed by atoms with Gasteiger partial charge in [0.05, 0.1) is 11.6 Å². The first-order valence-corrected chi connectivity index (χ1v) is 8.98. The van der Waals surface area contributed by atoms with Crippen molar-refractivity contribution in [3.05, 3.63) is 43.8 Å². The number of nitrogens with one attached hydrogen (secondary N) is 1. The molecule has 0 atom stereocenters. The van der Waals surface area contributed by atoms with Crippen molar-refractivity contribution in [3.8, 4) is 0 Å². The van der Waals surface area contributed by atoms with E-state index in [9.17, 15) is 8.42 Å². The number of nitrogens with zero attached hydrogens (tertiary/aromatic N) is 1. The van der Waals surface area contributed by atoms with Crippen LogP contribution in [0.5, 0.6) is 0 Å². The van der Waals surface area contributed by atoms with Crippen molar-refractivity contribution in [2.75, 3.05) is 0 Å². The van der Waals surface area contributed by atoms with Crippen LogP contribution in [-0.2, 0) is 23.1 Å². The van der Waals surface area contributed by atoms with Gasteiger partial charge in [-0.2, -0.15) is 0 Å². The van der Waals surface area contributed by atoms with Crippen LogP contribution < -0.4 is 10.5 Å². The van der Waals surface area contributed by atoms with Gasteiger partial charge in [-0.1, -0.05) is 23.2 Å². The molecule has 2 aromatic rings. The van der Waals surface area contributed by atoms with E-state index in [1.54, 1.807) is 12.3 Å². The number of thiazole rings is 1. The molecule has 0 amide bonds. The van der Waals surface area contributed by atoms with Crippen LogP contribution in [0.4, 0.5) is 0 Å². The Morgan fingerprint density at radius 1 is 1.38 bits per heavy atom. The lowest BCUT2D eigenvalue weighted by atomic mass is 10.2. The Kier molecular flexibility index (Phi) is 5.24. The second-order valence-electron chi connectivity index (χ2n) is 4.27. The van der Waals surface area contributed by atoms with Crippen LogP contribution in [0.15, 0.2) is 23.2 Å². The molecule has 5 nitrogen and oxygen atoms in total. The summed E-state index contributed by atoms with van der Waals surface area (Å²) in [6, 6.07) is 2.85. The summed E-state index contributed by atoms with van der Waals surface area (Å²) >= 11 is 13.4. The first-order chi connectivity index (χ1) is 9.83. The van der Waals surface area contributed by atoms with Crippen molar-refractivity contribution in [3.63, 3.8) is 0 Å². The fourth-order valence-corrected chi connectivity index (χ4v) is 4.43.